The Morgan fingerprint density at radius 1 is 1.19 bits per heavy atom. The molecule has 0 aromatic carbocycles. The average Bonchev–Trinajstić information content (AvgIpc) is 3.22. The van der Waals surface area contributed by atoms with Gasteiger partial charge in [0.25, 0.3) is 0 Å². The van der Waals surface area contributed by atoms with E-state index in [4.69, 9.17) is 11.6 Å². The quantitative estimate of drug-likeness (QED) is 0.706. The monoisotopic (exact) mass is 453 g/mol. The molecule has 1 amide bonds. The number of carbonyl (C=O) groups is 1. The summed E-state index contributed by atoms with van der Waals surface area (Å²) in [6.45, 7) is 6.60. The number of hydrogen-bond acceptors (Lipinski definition) is 5. The minimum absolute atomic E-state index is 0.0210. The van der Waals surface area contributed by atoms with Gasteiger partial charge in [0.2, 0.25) is 11.7 Å². The summed E-state index contributed by atoms with van der Waals surface area (Å²) in [6.07, 6.45) is -0.395. The summed E-state index contributed by atoms with van der Waals surface area (Å²) in [5.41, 5.74) is 1.24. The number of rotatable bonds is 4. The molecule has 6 nitrogen and oxygen atoms in total. The lowest BCUT2D eigenvalue weighted by atomic mass is 9.82. The van der Waals surface area contributed by atoms with Crippen LogP contribution in [0.25, 0.3) is 11.3 Å². The first-order chi connectivity index (χ1) is 14.4. The highest BCUT2D eigenvalue weighted by atomic mass is 35.5. The van der Waals surface area contributed by atoms with E-state index in [-0.39, 0.29) is 29.2 Å². The normalized spacial score (nSPS) is 23.5. The van der Waals surface area contributed by atoms with Gasteiger partial charge >= 0.3 is 6.18 Å². The molecule has 2 aliphatic heterocycles. The van der Waals surface area contributed by atoms with Crippen LogP contribution in [0.3, 0.4) is 0 Å². The summed E-state index contributed by atoms with van der Waals surface area (Å²) in [5.74, 6) is -0.860. The zero-order chi connectivity index (χ0) is 22.6. The fourth-order valence-electron chi connectivity index (χ4n) is 4.57. The van der Waals surface area contributed by atoms with E-state index >= 15 is 0 Å². The molecule has 3 aliphatic rings. The van der Waals surface area contributed by atoms with Gasteiger partial charge in [-0.3, -0.25) is 9.69 Å². The van der Waals surface area contributed by atoms with Gasteiger partial charge in [-0.2, -0.15) is 13.2 Å². The fourth-order valence-corrected chi connectivity index (χ4v) is 4.81. The van der Waals surface area contributed by atoms with Crippen molar-refractivity contribution in [1.29, 1.82) is 0 Å². The molecule has 0 spiro atoms. The predicted molar refractivity (Wildman–Crippen MR) is 109 cm³/mol. The maximum absolute atomic E-state index is 13.0. The van der Waals surface area contributed by atoms with E-state index in [2.05, 4.69) is 45.9 Å². The number of nitrogens with one attached hydrogen (secondary N) is 1. The zero-order valence-corrected chi connectivity index (χ0v) is 18.1. The number of halogens is 4. The third-order valence-electron chi connectivity index (χ3n) is 5.85. The van der Waals surface area contributed by atoms with E-state index in [0.717, 1.165) is 25.2 Å². The molecule has 1 aliphatic carbocycles. The highest BCUT2D eigenvalue weighted by Crippen LogP contribution is 2.49. The average molecular weight is 454 g/mol. The molecule has 1 saturated carbocycles. The smallest absolute Gasteiger partial charge is 0.351 e. The van der Waals surface area contributed by atoms with Crippen LogP contribution in [-0.2, 0) is 17.5 Å². The Labute approximate surface area is 183 Å². The Hall–Kier alpha value is -2.26. The van der Waals surface area contributed by atoms with Gasteiger partial charge in [-0.25, -0.2) is 15.0 Å². The first-order valence-electron chi connectivity index (χ1n) is 10.1. The lowest BCUT2D eigenvalue weighted by Crippen LogP contribution is -2.51. The highest BCUT2D eigenvalue weighted by Gasteiger charge is 2.56. The Balaban J connectivity index is 1.48. The van der Waals surface area contributed by atoms with E-state index in [1.165, 1.54) is 0 Å². The van der Waals surface area contributed by atoms with Crippen molar-refractivity contribution in [2.75, 3.05) is 0 Å². The van der Waals surface area contributed by atoms with Crippen LogP contribution in [0.2, 0.25) is 5.15 Å². The molecule has 2 bridgehead atoms. The van der Waals surface area contributed by atoms with Crippen molar-refractivity contribution in [3.8, 4) is 11.3 Å². The van der Waals surface area contributed by atoms with Crippen LogP contribution >= 0.6 is 11.6 Å². The summed E-state index contributed by atoms with van der Waals surface area (Å²) < 4.78 is 38.0. The number of fused-ring (bicyclic) bond motifs is 1. The molecule has 166 valence electrons. The maximum atomic E-state index is 13.0. The second-order valence-electron chi connectivity index (χ2n) is 9.10. The van der Waals surface area contributed by atoms with Crippen molar-refractivity contribution in [3.05, 3.63) is 41.1 Å². The second-order valence-corrected chi connectivity index (χ2v) is 9.49. The number of carbonyl (C=O) groups excluding carboxylic acids is 1. The van der Waals surface area contributed by atoms with Crippen molar-refractivity contribution in [1.82, 2.24) is 25.2 Å². The summed E-state index contributed by atoms with van der Waals surface area (Å²) in [7, 11) is 0. The summed E-state index contributed by atoms with van der Waals surface area (Å²) in [5, 5.41) is 3.16. The first kappa shape index (κ1) is 22.0. The van der Waals surface area contributed by atoms with Gasteiger partial charge in [0, 0.05) is 36.1 Å². The van der Waals surface area contributed by atoms with Gasteiger partial charge in [0.15, 0.2) is 0 Å². The van der Waals surface area contributed by atoms with Crippen molar-refractivity contribution < 1.29 is 18.0 Å². The third kappa shape index (κ3) is 4.39. The summed E-state index contributed by atoms with van der Waals surface area (Å²) in [6, 6.07) is 3.59. The van der Waals surface area contributed by atoms with Crippen molar-refractivity contribution in [2.24, 2.45) is 5.92 Å². The molecule has 4 heterocycles. The Bertz CT molecular complexity index is 984. The number of aromatic nitrogens is 3. The number of alkyl halides is 3. The molecular weight excluding hydrogens is 431 g/mol. The van der Waals surface area contributed by atoms with Crippen LogP contribution in [-0.4, -0.2) is 43.4 Å². The van der Waals surface area contributed by atoms with Crippen molar-refractivity contribution in [3.63, 3.8) is 0 Å². The predicted octanol–water partition coefficient (Wildman–Crippen LogP) is 4.09. The van der Waals surface area contributed by atoms with Gasteiger partial charge in [0.1, 0.15) is 5.15 Å². The Kier molecular flexibility index (Phi) is 5.46. The van der Waals surface area contributed by atoms with Gasteiger partial charge < -0.3 is 5.32 Å². The van der Waals surface area contributed by atoms with Gasteiger partial charge in [-0.05, 0) is 57.2 Å². The number of pyridine rings is 1. The van der Waals surface area contributed by atoms with E-state index in [1.807, 2.05) is 0 Å². The first-order valence-corrected chi connectivity index (χ1v) is 10.4. The molecular formula is C21H23ClF3N5O. The molecule has 0 radical (unpaired) electrons. The molecule has 10 heteroatoms. The van der Waals surface area contributed by atoms with Crippen molar-refractivity contribution >= 4 is 17.5 Å². The van der Waals surface area contributed by atoms with Gasteiger partial charge in [-0.15, -0.1) is 0 Å². The van der Waals surface area contributed by atoms with Crippen molar-refractivity contribution in [2.45, 2.75) is 64.0 Å². The van der Waals surface area contributed by atoms with Crippen LogP contribution in [0.15, 0.2) is 24.5 Å². The molecule has 5 rings (SSSR count). The van der Waals surface area contributed by atoms with E-state index in [1.54, 1.807) is 12.1 Å². The lowest BCUT2D eigenvalue weighted by molar-refractivity contribution is -0.145. The van der Waals surface area contributed by atoms with E-state index < -0.39 is 12.0 Å². The molecule has 3 fully saturated rings. The maximum Gasteiger partial charge on any atom is 0.451 e. The SMILES string of the molecule is CC(C)(C)N1C2CC(C2)C1C(=O)NCc1cc(Cl)nc(-c2cnc(C(F)(F)F)nc2)c1. The van der Waals surface area contributed by atoms with Gasteiger partial charge in [-0.1, -0.05) is 11.6 Å². The fraction of sp³-hybridized carbons (Fsp3) is 0.524. The van der Waals surface area contributed by atoms with E-state index in [0.29, 0.717) is 28.8 Å². The molecule has 2 saturated heterocycles. The molecule has 2 aromatic rings. The zero-order valence-electron chi connectivity index (χ0n) is 17.4. The van der Waals surface area contributed by atoms with Crippen LogP contribution in [0.5, 0.6) is 0 Å². The standard InChI is InChI=1S/C21H23ClF3N5O/c1-20(2,3)30-14-6-12(7-14)17(30)18(31)26-8-11-4-15(29-16(22)5-11)13-9-27-19(28-10-13)21(23,24)25/h4-5,9-10,12,14,17H,6-8H2,1-3H3,(H,26,31). The lowest BCUT2D eigenvalue weighted by Gasteiger charge is -2.37. The van der Waals surface area contributed by atoms with Crippen LogP contribution in [0.4, 0.5) is 13.2 Å². The van der Waals surface area contributed by atoms with Gasteiger partial charge in [0.05, 0.1) is 11.7 Å². The Morgan fingerprint density at radius 3 is 2.42 bits per heavy atom. The highest BCUT2D eigenvalue weighted by molar-refractivity contribution is 6.29. The largest absolute Gasteiger partial charge is 0.451 e. The minimum Gasteiger partial charge on any atom is -0.351 e. The number of nitrogens with zero attached hydrogens (tertiary/aromatic N) is 4. The molecule has 1 atom stereocenters. The van der Waals surface area contributed by atoms with Crippen LogP contribution < -0.4 is 5.32 Å². The molecule has 1 N–H and O–H groups in total. The number of amides is 1. The van der Waals surface area contributed by atoms with Crippen LogP contribution in [0, 0.1) is 5.92 Å². The Morgan fingerprint density at radius 2 is 1.84 bits per heavy atom. The topological polar surface area (TPSA) is 71.0 Å². The second kappa shape index (κ2) is 7.70. The minimum atomic E-state index is -4.61. The molecule has 1 unspecified atom stereocenters. The van der Waals surface area contributed by atoms with E-state index in [9.17, 15) is 18.0 Å². The summed E-state index contributed by atoms with van der Waals surface area (Å²) >= 11 is 6.11. The third-order valence-corrected chi connectivity index (χ3v) is 6.05. The molecule has 31 heavy (non-hydrogen) atoms. The molecule has 2 aromatic heterocycles. The van der Waals surface area contributed by atoms with Crippen LogP contribution in [0.1, 0.15) is 45.0 Å². The number of hydrogen-bond donors (Lipinski definition) is 1. The summed E-state index contributed by atoms with van der Waals surface area (Å²) in [4.78, 5) is 26.1.